The highest BCUT2D eigenvalue weighted by Gasteiger charge is 2.43. The summed E-state index contributed by atoms with van der Waals surface area (Å²) >= 11 is 0. The SMILES string of the molecule is C[C@@H]1CC[C@@H](C=O)N2C(=O)OC[C@@H]12. The zero-order chi connectivity index (χ0) is 9.42. The van der Waals surface area contributed by atoms with E-state index in [9.17, 15) is 9.59 Å². The van der Waals surface area contributed by atoms with Gasteiger partial charge >= 0.3 is 6.09 Å². The minimum atomic E-state index is -0.325. The van der Waals surface area contributed by atoms with Crippen LogP contribution < -0.4 is 0 Å². The smallest absolute Gasteiger partial charge is 0.410 e. The molecule has 0 spiro atoms. The van der Waals surface area contributed by atoms with Crippen LogP contribution in [0.1, 0.15) is 19.8 Å². The molecular formula is C9H13NO3. The number of aldehydes is 1. The highest BCUT2D eigenvalue weighted by Crippen LogP contribution is 2.31. The third kappa shape index (κ3) is 1.20. The van der Waals surface area contributed by atoms with E-state index in [4.69, 9.17) is 4.74 Å². The molecule has 1 amide bonds. The van der Waals surface area contributed by atoms with Gasteiger partial charge in [0, 0.05) is 0 Å². The van der Waals surface area contributed by atoms with E-state index < -0.39 is 0 Å². The monoisotopic (exact) mass is 183 g/mol. The number of amides is 1. The number of hydrogen-bond donors (Lipinski definition) is 0. The van der Waals surface area contributed by atoms with Crippen LogP contribution in [0.25, 0.3) is 0 Å². The van der Waals surface area contributed by atoms with Crippen molar-refractivity contribution in [1.82, 2.24) is 4.90 Å². The van der Waals surface area contributed by atoms with E-state index in [1.807, 2.05) is 0 Å². The van der Waals surface area contributed by atoms with Crippen molar-refractivity contribution in [3.8, 4) is 0 Å². The van der Waals surface area contributed by atoms with Gasteiger partial charge in [-0.25, -0.2) is 4.79 Å². The summed E-state index contributed by atoms with van der Waals surface area (Å²) in [5, 5.41) is 0. The van der Waals surface area contributed by atoms with Crippen LogP contribution in [0.2, 0.25) is 0 Å². The molecule has 2 rings (SSSR count). The summed E-state index contributed by atoms with van der Waals surface area (Å²) < 4.78 is 4.93. The van der Waals surface area contributed by atoms with Gasteiger partial charge in [-0.2, -0.15) is 0 Å². The van der Waals surface area contributed by atoms with E-state index in [-0.39, 0.29) is 18.2 Å². The summed E-state index contributed by atoms with van der Waals surface area (Å²) in [4.78, 5) is 23.6. The molecule has 2 fully saturated rings. The largest absolute Gasteiger partial charge is 0.447 e. The number of carbonyl (C=O) groups is 2. The molecule has 0 saturated carbocycles. The van der Waals surface area contributed by atoms with Gasteiger partial charge in [0.15, 0.2) is 0 Å². The number of nitrogens with zero attached hydrogens (tertiary/aromatic N) is 1. The van der Waals surface area contributed by atoms with Gasteiger partial charge in [-0.1, -0.05) is 6.92 Å². The fourth-order valence-electron chi connectivity index (χ4n) is 2.17. The number of cyclic esters (lactones) is 1. The van der Waals surface area contributed by atoms with E-state index in [2.05, 4.69) is 6.92 Å². The van der Waals surface area contributed by atoms with Crippen LogP contribution in [0, 0.1) is 5.92 Å². The predicted octanol–water partition coefficient (Wildman–Crippen LogP) is 0.805. The van der Waals surface area contributed by atoms with Crippen LogP contribution in [0.4, 0.5) is 4.79 Å². The molecule has 3 atom stereocenters. The Bertz CT molecular complexity index is 241. The molecule has 0 aromatic carbocycles. The molecule has 0 bridgehead atoms. The van der Waals surface area contributed by atoms with Gasteiger partial charge in [-0.15, -0.1) is 0 Å². The van der Waals surface area contributed by atoms with Crippen LogP contribution in [-0.2, 0) is 9.53 Å². The van der Waals surface area contributed by atoms with Crippen LogP contribution in [0.5, 0.6) is 0 Å². The van der Waals surface area contributed by atoms with Gasteiger partial charge < -0.3 is 9.53 Å². The fraction of sp³-hybridized carbons (Fsp3) is 0.778. The third-order valence-electron chi connectivity index (χ3n) is 3.03. The van der Waals surface area contributed by atoms with Gasteiger partial charge in [0.2, 0.25) is 0 Å². The van der Waals surface area contributed by atoms with E-state index in [1.165, 1.54) is 0 Å². The second-order valence-corrected chi connectivity index (χ2v) is 3.81. The Morgan fingerprint density at radius 3 is 3.00 bits per heavy atom. The number of hydrogen-bond acceptors (Lipinski definition) is 3. The molecule has 13 heavy (non-hydrogen) atoms. The lowest BCUT2D eigenvalue weighted by atomic mass is 9.88. The van der Waals surface area contributed by atoms with Crippen molar-refractivity contribution in [2.45, 2.75) is 31.8 Å². The zero-order valence-electron chi connectivity index (χ0n) is 7.60. The number of carbonyl (C=O) groups excluding carboxylic acids is 2. The molecule has 72 valence electrons. The molecule has 0 unspecified atom stereocenters. The molecule has 4 nitrogen and oxygen atoms in total. The Morgan fingerprint density at radius 2 is 2.31 bits per heavy atom. The van der Waals surface area contributed by atoms with Gasteiger partial charge in [-0.3, -0.25) is 4.90 Å². The lowest BCUT2D eigenvalue weighted by molar-refractivity contribution is -0.113. The molecule has 2 aliphatic heterocycles. The standard InChI is InChI=1S/C9H13NO3/c1-6-2-3-7(4-11)10-8(6)5-13-9(10)12/h4,6-8H,2-3,5H2,1H3/t6-,7+,8+/m1/s1. The fourth-order valence-corrected chi connectivity index (χ4v) is 2.17. The van der Waals surface area contributed by atoms with Crippen LogP contribution in [0.3, 0.4) is 0 Å². The lowest BCUT2D eigenvalue weighted by Gasteiger charge is -2.36. The molecule has 0 radical (unpaired) electrons. The van der Waals surface area contributed by atoms with Crippen molar-refractivity contribution in [3.63, 3.8) is 0 Å². The summed E-state index contributed by atoms with van der Waals surface area (Å²) in [5.74, 6) is 0.447. The van der Waals surface area contributed by atoms with Crippen LogP contribution in [0.15, 0.2) is 0 Å². The van der Waals surface area contributed by atoms with Crippen LogP contribution in [-0.4, -0.2) is 36.0 Å². The molecule has 0 aromatic rings. The molecule has 0 aliphatic carbocycles. The lowest BCUT2D eigenvalue weighted by Crippen LogP contribution is -2.49. The molecule has 0 aromatic heterocycles. The highest BCUT2D eigenvalue weighted by molar-refractivity contribution is 5.75. The summed E-state index contributed by atoms with van der Waals surface area (Å²) in [6, 6.07) is -0.132. The van der Waals surface area contributed by atoms with Crippen LogP contribution >= 0.6 is 0 Å². The maximum absolute atomic E-state index is 11.3. The topological polar surface area (TPSA) is 46.6 Å². The first kappa shape index (κ1) is 8.53. The van der Waals surface area contributed by atoms with Crippen molar-refractivity contribution in [3.05, 3.63) is 0 Å². The average Bonchev–Trinajstić information content (AvgIpc) is 2.51. The third-order valence-corrected chi connectivity index (χ3v) is 3.03. The van der Waals surface area contributed by atoms with Crippen molar-refractivity contribution in [2.75, 3.05) is 6.61 Å². The molecular weight excluding hydrogens is 170 g/mol. The number of fused-ring (bicyclic) bond motifs is 1. The Kier molecular flexibility index (Phi) is 1.98. The molecule has 2 saturated heterocycles. The Labute approximate surface area is 76.8 Å². The van der Waals surface area contributed by atoms with Gasteiger partial charge in [0.25, 0.3) is 0 Å². The zero-order valence-corrected chi connectivity index (χ0v) is 7.60. The number of rotatable bonds is 1. The van der Waals surface area contributed by atoms with Gasteiger partial charge in [0.05, 0.1) is 12.1 Å². The van der Waals surface area contributed by atoms with Crippen molar-refractivity contribution >= 4 is 12.4 Å². The summed E-state index contributed by atoms with van der Waals surface area (Å²) in [6.07, 6.45) is 2.30. The second-order valence-electron chi connectivity index (χ2n) is 3.81. The summed E-state index contributed by atoms with van der Waals surface area (Å²) in [6.45, 7) is 2.55. The molecule has 4 heteroatoms. The van der Waals surface area contributed by atoms with Gasteiger partial charge in [-0.05, 0) is 18.8 Å². The second kappa shape index (κ2) is 3.01. The van der Waals surface area contributed by atoms with Crippen molar-refractivity contribution in [1.29, 1.82) is 0 Å². The van der Waals surface area contributed by atoms with E-state index in [1.54, 1.807) is 4.90 Å². The molecule has 2 heterocycles. The van der Waals surface area contributed by atoms with Gasteiger partial charge in [0.1, 0.15) is 12.9 Å². The number of ether oxygens (including phenoxy) is 1. The number of piperidine rings is 1. The predicted molar refractivity (Wildman–Crippen MR) is 45.2 cm³/mol. The summed E-state index contributed by atoms with van der Waals surface area (Å²) in [7, 11) is 0. The molecule has 0 N–H and O–H groups in total. The minimum absolute atomic E-state index is 0.122. The van der Waals surface area contributed by atoms with E-state index in [0.717, 1.165) is 19.1 Å². The first-order valence-electron chi connectivity index (χ1n) is 4.64. The van der Waals surface area contributed by atoms with E-state index in [0.29, 0.717) is 12.5 Å². The minimum Gasteiger partial charge on any atom is -0.447 e. The Morgan fingerprint density at radius 1 is 1.54 bits per heavy atom. The Balaban J connectivity index is 2.21. The first-order chi connectivity index (χ1) is 6.24. The summed E-state index contributed by atoms with van der Waals surface area (Å²) in [5.41, 5.74) is 0. The maximum Gasteiger partial charge on any atom is 0.410 e. The first-order valence-corrected chi connectivity index (χ1v) is 4.64. The van der Waals surface area contributed by atoms with Crippen molar-refractivity contribution in [2.24, 2.45) is 5.92 Å². The quantitative estimate of drug-likeness (QED) is 0.565. The average molecular weight is 183 g/mol. The normalized spacial score (nSPS) is 38.4. The highest BCUT2D eigenvalue weighted by atomic mass is 16.6. The van der Waals surface area contributed by atoms with E-state index >= 15 is 0 Å². The van der Waals surface area contributed by atoms with Crippen molar-refractivity contribution < 1.29 is 14.3 Å². The Hall–Kier alpha value is -1.06. The maximum atomic E-state index is 11.3. The molecule has 2 aliphatic rings.